The molecule has 0 amide bonds. The van der Waals surface area contributed by atoms with Crippen LogP contribution < -0.4 is 29.4 Å². The summed E-state index contributed by atoms with van der Waals surface area (Å²) in [6.45, 7) is 6.48. The molecule has 0 fully saturated rings. The van der Waals surface area contributed by atoms with Gasteiger partial charge in [-0.25, -0.2) is 4.79 Å². The first-order chi connectivity index (χ1) is 20.4. The van der Waals surface area contributed by atoms with E-state index in [1.807, 2.05) is 42.5 Å². The van der Waals surface area contributed by atoms with E-state index in [2.05, 4.69) is 19.9 Å². The molecule has 0 radical (unpaired) electrons. The summed E-state index contributed by atoms with van der Waals surface area (Å²) in [4.78, 5) is 12.8. The summed E-state index contributed by atoms with van der Waals surface area (Å²) in [5.41, 5.74) is 9.14. The van der Waals surface area contributed by atoms with E-state index in [9.17, 15) is 10.1 Å². The van der Waals surface area contributed by atoms with Gasteiger partial charge < -0.3 is 29.4 Å². The molecule has 0 saturated heterocycles. The number of methoxy groups -OCH3 is 1. The third-order valence-electron chi connectivity index (χ3n) is 7.16. The number of allylic oxidation sites excluding steroid dienone is 1. The van der Waals surface area contributed by atoms with Crippen molar-refractivity contribution in [2.75, 3.05) is 13.7 Å². The van der Waals surface area contributed by atoms with Crippen molar-refractivity contribution in [3.05, 3.63) is 88.8 Å². The number of benzene rings is 3. The Labute approximate surface area is 247 Å². The molecule has 0 aromatic heterocycles. The zero-order valence-electron chi connectivity index (χ0n) is 24.6. The van der Waals surface area contributed by atoms with Crippen LogP contribution in [0.3, 0.4) is 0 Å². The lowest BCUT2D eigenvalue weighted by Crippen LogP contribution is -2.28. The predicted molar refractivity (Wildman–Crippen MR) is 160 cm³/mol. The summed E-state index contributed by atoms with van der Waals surface area (Å²) in [7, 11) is 1.59. The monoisotopic (exact) mass is 570 g/mol. The van der Waals surface area contributed by atoms with Gasteiger partial charge in [-0.2, -0.15) is 5.26 Å². The number of nitrogens with two attached hydrogens (primary N) is 1. The molecule has 2 N–H and O–H groups in total. The Morgan fingerprint density at radius 1 is 1.00 bits per heavy atom. The summed E-state index contributed by atoms with van der Waals surface area (Å²) in [6, 6.07) is 20.4. The van der Waals surface area contributed by atoms with Gasteiger partial charge in [-0.05, 0) is 61.2 Å². The molecule has 0 saturated carbocycles. The van der Waals surface area contributed by atoms with E-state index in [4.69, 9.17) is 29.4 Å². The van der Waals surface area contributed by atoms with E-state index in [0.717, 1.165) is 31.2 Å². The Hall–Kier alpha value is -4.64. The van der Waals surface area contributed by atoms with E-state index in [-0.39, 0.29) is 17.2 Å². The van der Waals surface area contributed by atoms with E-state index < -0.39 is 18.0 Å². The standard InChI is InChI=1S/C34H38N2O6/c1-5-7-8-9-18-39-29-17-12-24(19-31(29)38-4)32-27-16-15-26(20-30(27)42-33(36)28(32)21-35)41-34(37)22(3)40-25-13-10-23(6-2)11-14-25/h10-17,19-20,22,32H,5-9,18,36H2,1-4H3. The van der Waals surface area contributed by atoms with Crippen LogP contribution >= 0.6 is 0 Å². The number of rotatable bonds is 13. The van der Waals surface area contributed by atoms with Crippen LogP contribution in [-0.4, -0.2) is 25.8 Å². The summed E-state index contributed by atoms with van der Waals surface area (Å²) in [6.07, 6.45) is 4.50. The lowest BCUT2D eigenvalue weighted by atomic mass is 9.83. The van der Waals surface area contributed by atoms with Crippen LogP contribution in [0.2, 0.25) is 0 Å². The topological polar surface area (TPSA) is 113 Å². The Balaban J connectivity index is 1.52. The second-order valence-corrected chi connectivity index (χ2v) is 10.1. The summed E-state index contributed by atoms with van der Waals surface area (Å²) in [5.74, 6) is 1.37. The average molecular weight is 571 g/mol. The summed E-state index contributed by atoms with van der Waals surface area (Å²) >= 11 is 0. The normalized spacial score (nSPS) is 14.7. The van der Waals surface area contributed by atoms with E-state index in [1.54, 1.807) is 32.2 Å². The van der Waals surface area contributed by atoms with Gasteiger partial charge in [0.1, 0.15) is 28.9 Å². The third kappa shape index (κ3) is 7.16. The molecule has 220 valence electrons. The minimum atomic E-state index is -0.836. The molecule has 2 unspecified atom stereocenters. The van der Waals surface area contributed by atoms with Crippen molar-refractivity contribution >= 4 is 5.97 Å². The molecular weight excluding hydrogens is 532 g/mol. The summed E-state index contributed by atoms with van der Waals surface area (Å²) in [5, 5.41) is 9.96. The molecule has 3 aromatic carbocycles. The largest absolute Gasteiger partial charge is 0.493 e. The summed E-state index contributed by atoms with van der Waals surface area (Å²) < 4.78 is 28.8. The minimum Gasteiger partial charge on any atom is -0.493 e. The number of carbonyl (C=O) groups excluding carboxylic acids is 1. The number of nitriles is 1. The van der Waals surface area contributed by atoms with Gasteiger partial charge in [0.2, 0.25) is 5.88 Å². The van der Waals surface area contributed by atoms with Crippen LogP contribution in [0.4, 0.5) is 0 Å². The molecule has 8 heteroatoms. The van der Waals surface area contributed by atoms with Crippen LogP contribution in [0.1, 0.15) is 69.1 Å². The van der Waals surface area contributed by atoms with Crippen molar-refractivity contribution < 1.29 is 28.5 Å². The molecule has 2 atom stereocenters. The number of unbranched alkanes of at least 4 members (excludes halogenated alkanes) is 3. The number of hydrogen-bond acceptors (Lipinski definition) is 8. The van der Waals surface area contributed by atoms with E-state index >= 15 is 0 Å². The lowest BCUT2D eigenvalue weighted by Gasteiger charge is -2.27. The van der Waals surface area contributed by atoms with Crippen LogP contribution in [0.5, 0.6) is 28.7 Å². The number of carbonyl (C=O) groups is 1. The zero-order valence-corrected chi connectivity index (χ0v) is 24.6. The highest BCUT2D eigenvalue weighted by molar-refractivity contribution is 5.77. The molecule has 0 aliphatic carbocycles. The average Bonchev–Trinajstić information content (AvgIpc) is 3.00. The van der Waals surface area contributed by atoms with Crippen molar-refractivity contribution in [2.45, 2.75) is 64.9 Å². The number of esters is 1. The second-order valence-electron chi connectivity index (χ2n) is 10.1. The fraction of sp³-hybridized carbons (Fsp3) is 0.353. The fourth-order valence-corrected chi connectivity index (χ4v) is 4.79. The molecule has 42 heavy (non-hydrogen) atoms. The molecule has 3 aromatic rings. The van der Waals surface area contributed by atoms with Gasteiger partial charge in [-0.3, -0.25) is 0 Å². The number of nitrogens with zero attached hydrogens (tertiary/aromatic N) is 1. The highest BCUT2D eigenvalue weighted by Gasteiger charge is 2.32. The molecule has 8 nitrogen and oxygen atoms in total. The molecule has 1 aliphatic rings. The van der Waals surface area contributed by atoms with Crippen LogP contribution in [-0.2, 0) is 11.2 Å². The van der Waals surface area contributed by atoms with E-state index in [0.29, 0.717) is 35.2 Å². The number of ether oxygens (including phenoxy) is 5. The highest BCUT2D eigenvalue weighted by Crippen LogP contribution is 2.45. The molecule has 0 bridgehead atoms. The van der Waals surface area contributed by atoms with Gasteiger partial charge in [0.15, 0.2) is 17.6 Å². The highest BCUT2D eigenvalue weighted by atomic mass is 16.6. The Morgan fingerprint density at radius 2 is 1.76 bits per heavy atom. The maximum atomic E-state index is 12.8. The fourth-order valence-electron chi connectivity index (χ4n) is 4.79. The SMILES string of the molecule is CCCCCCOc1ccc(C2C(C#N)=C(N)Oc3cc(OC(=O)C(C)Oc4ccc(CC)cc4)ccc32)cc1OC. The van der Waals surface area contributed by atoms with Crippen LogP contribution in [0.15, 0.2) is 72.1 Å². The molecule has 4 rings (SSSR count). The number of fused-ring (bicyclic) bond motifs is 1. The van der Waals surface area contributed by atoms with Gasteiger partial charge in [-0.1, -0.05) is 57.4 Å². The molecule has 1 heterocycles. The number of aryl methyl sites for hydroxylation is 1. The quantitative estimate of drug-likeness (QED) is 0.135. The maximum absolute atomic E-state index is 12.8. The Bertz CT molecular complexity index is 1460. The van der Waals surface area contributed by atoms with Crippen molar-refractivity contribution in [3.63, 3.8) is 0 Å². The minimum absolute atomic E-state index is 0.0130. The van der Waals surface area contributed by atoms with Gasteiger partial charge in [0.25, 0.3) is 0 Å². The molecular formula is C34H38N2O6. The van der Waals surface area contributed by atoms with E-state index in [1.165, 1.54) is 12.0 Å². The molecule has 0 spiro atoms. The Morgan fingerprint density at radius 3 is 2.45 bits per heavy atom. The lowest BCUT2D eigenvalue weighted by molar-refractivity contribution is -0.141. The zero-order chi connectivity index (χ0) is 30.1. The number of hydrogen-bond donors (Lipinski definition) is 1. The molecule has 1 aliphatic heterocycles. The predicted octanol–water partition coefficient (Wildman–Crippen LogP) is 6.81. The van der Waals surface area contributed by atoms with Crippen molar-refractivity contribution in [3.8, 4) is 34.8 Å². The van der Waals surface area contributed by atoms with Gasteiger partial charge in [-0.15, -0.1) is 0 Å². The third-order valence-corrected chi connectivity index (χ3v) is 7.16. The van der Waals surface area contributed by atoms with Crippen LogP contribution in [0, 0.1) is 11.3 Å². The van der Waals surface area contributed by atoms with Gasteiger partial charge in [0, 0.05) is 11.6 Å². The first-order valence-electron chi connectivity index (χ1n) is 14.4. The van der Waals surface area contributed by atoms with Crippen LogP contribution in [0.25, 0.3) is 0 Å². The first-order valence-corrected chi connectivity index (χ1v) is 14.4. The van der Waals surface area contributed by atoms with Gasteiger partial charge in [0.05, 0.1) is 19.6 Å². The van der Waals surface area contributed by atoms with Crippen molar-refractivity contribution in [1.82, 2.24) is 0 Å². The smallest absolute Gasteiger partial charge is 0.352 e. The first kappa shape index (κ1) is 30.3. The Kier molecular flexibility index (Phi) is 10.3. The van der Waals surface area contributed by atoms with Crippen molar-refractivity contribution in [1.29, 1.82) is 5.26 Å². The second kappa shape index (κ2) is 14.3. The van der Waals surface area contributed by atoms with Gasteiger partial charge >= 0.3 is 5.97 Å². The van der Waals surface area contributed by atoms with Crippen molar-refractivity contribution in [2.24, 2.45) is 5.73 Å². The maximum Gasteiger partial charge on any atom is 0.352 e.